The van der Waals surface area contributed by atoms with Gasteiger partial charge in [0.15, 0.2) is 0 Å². The number of nitrogens with one attached hydrogen (secondary N) is 2. The van der Waals surface area contributed by atoms with Gasteiger partial charge in [-0.15, -0.1) is 0 Å². The van der Waals surface area contributed by atoms with Gasteiger partial charge in [0.05, 0.1) is 22.7 Å². The number of ether oxygens (including phenoxy) is 1. The summed E-state index contributed by atoms with van der Waals surface area (Å²) in [7, 11) is -3.73. The lowest BCUT2D eigenvalue weighted by atomic mass is 10.1. The summed E-state index contributed by atoms with van der Waals surface area (Å²) in [5.74, 6) is -0.353. The molecule has 2 atom stereocenters. The third-order valence-electron chi connectivity index (χ3n) is 5.36. The highest BCUT2D eigenvalue weighted by Gasteiger charge is 2.21. The second-order valence-electron chi connectivity index (χ2n) is 7.64. The van der Waals surface area contributed by atoms with Crippen molar-refractivity contribution in [2.24, 2.45) is 0 Å². The fourth-order valence-corrected chi connectivity index (χ4v) is 4.63. The zero-order chi connectivity index (χ0) is 22.6. The summed E-state index contributed by atoms with van der Waals surface area (Å²) in [6.07, 6.45) is 4.74. The van der Waals surface area contributed by atoms with Gasteiger partial charge >= 0.3 is 0 Å². The van der Waals surface area contributed by atoms with Crippen LogP contribution in [0.3, 0.4) is 0 Å². The van der Waals surface area contributed by atoms with Gasteiger partial charge in [-0.3, -0.25) is 4.79 Å². The number of amides is 1. The van der Waals surface area contributed by atoms with Gasteiger partial charge in [-0.2, -0.15) is 5.10 Å². The molecule has 0 spiro atoms. The van der Waals surface area contributed by atoms with Crippen molar-refractivity contribution in [1.29, 1.82) is 0 Å². The highest BCUT2D eigenvalue weighted by molar-refractivity contribution is 7.89. The zero-order valence-electron chi connectivity index (χ0n) is 17.6. The first kappa shape index (κ1) is 22.1. The number of hydrogen-bond donors (Lipinski definition) is 2. The molecule has 4 rings (SSSR count). The van der Waals surface area contributed by atoms with E-state index in [0.717, 1.165) is 24.1 Å². The Kier molecular flexibility index (Phi) is 6.63. The molecule has 0 bridgehead atoms. The zero-order valence-corrected chi connectivity index (χ0v) is 18.5. The summed E-state index contributed by atoms with van der Waals surface area (Å²) >= 11 is 0. The number of rotatable bonds is 8. The maximum absolute atomic E-state index is 12.8. The van der Waals surface area contributed by atoms with E-state index in [1.165, 1.54) is 18.5 Å². The largest absolute Gasteiger partial charge is 0.377 e. The smallest absolute Gasteiger partial charge is 0.251 e. The molecule has 2 heterocycles. The summed E-state index contributed by atoms with van der Waals surface area (Å²) < 4.78 is 34.9. The van der Waals surface area contributed by atoms with E-state index in [9.17, 15) is 13.2 Å². The minimum atomic E-state index is -3.73. The lowest BCUT2D eigenvalue weighted by Gasteiger charge is -2.16. The van der Waals surface area contributed by atoms with Crippen LogP contribution in [0.25, 0.3) is 5.69 Å². The number of hydrogen-bond acceptors (Lipinski definition) is 6. The third-order valence-corrected chi connectivity index (χ3v) is 6.78. The van der Waals surface area contributed by atoms with Crippen LogP contribution in [0.1, 0.15) is 41.7 Å². The van der Waals surface area contributed by atoms with Crippen molar-refractivity contribution in [1.82, 2.24) is 24.8 Å². The molecule has 2 unspecified atom stereocenters. The van der Waals surface area contributed by atoms with Gasteiger partial charge in [0.1, 0.15) is 12.7 Å². The Hall–Kier alpha value is -3.08. The Morgan fingerprint density at radius 3 is 2.75 bits per heavy atom. The molecule has 0 radical (unpaired) electrons. The summed E-state index contributed by atoms with van der Waals surface area (Å²) in [6.45, 7) is 2.75. The number of carbonyl (C=O) groups excluding carboxylic acids is 1. The van der Waals surface area contributed by atoms with Crippen LogP contribution in [-0.2, 0) is 14.8 Å². The first-order chi connectivity index (χ1) is 15.4. The number of nitrogens with zero attached hydrogens (tertiary/aromatic N) is 3. The number of carbonyl (C=O) groups is 1. The molecule has 2 N–H and O–H groups in total. The van der Waals surface area contributed by atoms with Gasteiger partial charge in [-0.05, 0) is 55.7 Å². The van der Waals surface area contributed by atoms with Gasteiger partial charge in [0, 0.05) is 18.7 Å². The Labute approximate surface area is 186 Å². The van der Waals surface area contributed by atoms with Gasteiger partial charge < -0.3 is 10.1 Å². The van der Waals surface area contributed by atoms with Crippen LogP contribution in [0.4, 0.5) is 0 Å². The minimum Gasteiger partial charge on any atom is -0.377 e. The fourth-order valence-electron chi connectivity index (χ4n) is 3.52. The van der Waals surface area contributed by atoms with Gasteiger partial charge in [-0.25, -0.2) is 22.8 Å². The molecular formula is C22H25N5O4S. The van der Waals surface area contributed by atoms with Crippen molar-refractivity contribution >= 4 is 15.9 Å². The van der Waals surface area contributed by atoms with Crippen molar-refractivity contribution in [3.05, 3.63) is 72.3 Å². The van der Waals surface area contributed by atoms with Crippen LogP contribution >= 0.6 is 0 Å². The topological polar surface area (TPSA) is 115 Å². The maximum Gasteiger partial charge on any atom is 0.251 e. The lowest BCUT2D eigenvalue weighted by Crippen LogP contribution is -2.32. The van der Waals surface area contributed by atoms with Crippen LogP contribution in [-0.4, -0.2) is 48.3 Å². The van der Waals surface area contributed by atoms with E-state index in [1.807, 2.05) is 31.2 Å². The Morgan fingerprint density at radius 2 is 2.06 bits per heavy atom. The summed E-state index contributed by atoms with van der Waals surface area (Å²) in [6, 6.07) is 13.3. The van der Waals surface area contributed by atoms with E-state index in [0.29, 0.717) is 6.61 Å². The Balaban J connectivity index is 1.40. The molecule has 2 aromatic carbocycles. The van der Waals surface area contributed by atoms with Crippen LogP contribution in [0, 0.1) is 0 Å². The maximum atomic E-state index is 12.8. The average Bonchev–Trinajstić information content (AvgIpc) is 3.52. The molecule has 3 aromatic rings. The Morgan fingerprint density at radius 1 is 1.25 bits per heavy atom. The predicted octanol–water partition coefficient (Wildman–Crippen LogP) is 2.22. The van der Waals surface area contributed by atoms with Crippen molar-refractivity contribution in [3.63, 3.8) is 0 Å². The van der Waals surface area contributed by atoms with Crippen molar-refractivity contribution < 1.29 is 17.9 Å². The fraction of sp³-hybridized carbons (Fsp3) is 0.318. The van der Waals surface area contributed by atoms with E-state index in [4.69, 9.17) is 4.74 Å². The molecule has 9 nitrogen and oxygen atoms in total. The van der Waals surface area contributed by atoms with Crippen LogP contribution in [0.5, 0.6) is 0 Å². The molecule has 10 heteroatoms. The SMILES string of the molecule is CC(NC(=O)c1cccc(S(=O)(=O)NCC2CCCO2)c1)c1ccc(-n2cncn2)cc1. The average molecular weight is 456 g/mol. The predicted molar refractivity (Wildman–Crippen MR) is 118 cm³/mol. The number of aromatic nitrogens is 3. The first-order valence-corrected chi connectivity index (χ1v) is 11.9. The molecule has 1 amide bonds. The third kappa shape index (κ3) is 5.21. The standard InChI is InChI=1S/C22H25N5O4S/c1-16(17-7-9-19(10-8-17)27-15-23-14-24-27)26-22(28)18-4-2-6-21(12-18)32(29,30)25-13-20-5-3-11-31-20/h2,4,6-10,12,14-16,20,25H,3,5,11,13H2,1H3,(H,26,28). The molecular weight excluding hydrogens is 430 g/mol. The highest BCUT2D eigenvalue weighted by Crippen LogP contribution is 2.18. The molecule has 1 aromatic heterocycles. The van der Waals surface area contributed by atoms with E-state index in [1.54, 1.807) is 23.1 Å². The van der Waals surface area contributed by atoms with E-state index >= 15 is 0 Å². The highest BCUT2D eigenvalue weighted by atomic mass is 32.2. The van der Waals surface area contributed by atoms with E-state index < -0.39 is 10.0 Å². The molecule has 1 aliphatic rings. The van der Waals surface area contributed by atoms with E-state index in [2.05, 4.69) is 20.1 Å². The Bertz CT molecular complexity index is 1160. The normalized spacial score (nSPS) is 17.2. The number of benzene rings is 2. The second-order valence-corrected chi connectivity index (χ2v) is 9.41. The lowest BCUT2D eigenvalue weighted by molar-refractivity contribution is 0.0939. The summed E-state index contributed by atoms with van der Waals surface area (Å²) in [4.78, 5) is 16.7. The molecule has 0 aliphatic carbocycles. The van der Waals surface area contributed by atoms with Crippen LogP contribution < -0.4 is 10.0 Å². The van der Waals surface area contributed by atoms with Gasteiger partial charge in [0.2, 0.25) is 10.0 Å². The van der Waals surface area contributed by atoms with Crippen molar-refractivity contribution in [3.8, 4) is 5.69 Å². The molecule has 1 saturated heterocycles. The summed E-state index contributed by atoms with van der Waals surface area (Å²) in [5, 5.41) is 7.00. The quantitative estimate of drug-likeness (QED) is 0.538. The first-order valence-electron chi connectivity index (χ1n) is 10.4. The molecule has 1 fully saturated rings. The van der Waals surface area contributed by atoms with Gasteiger partial charge in [0.25, 0.3) is 5.91 Å². The van der Waals surface area contributed by atoms with Crippen molar-refractivity contribution in [2.75, 3.05) is 13.2 Å². The molecule has 0 saturated carbocycles. The molecule has 1 aliphatic heterocycles. The van der Waals surface area contributed by atoms with E-state index in [-0.39, 0.29) is 35.1 Å². The van der Waals surface area contributed by atoms with Crippen LogP contribution in [0.2, 0.25) is 0 Å². The van der Waals surface area contributed by atoms with Crippen molar-refractivity contribution in [2.45, 2.75) is 36.8 Å². The monoisotopic (exact) mass is 455 g/mol. The summed E-state index contributed by atoms with van der Waals surface area (Å²) in [5.41, 5.74) is 2.04. The van der Waals surface area contributed by atoms with Crippen LogP contribution in [0.15, 0.2) is 66.1 Å². The number of sulfonamides is 1. The minimum absolute atomic E-state index is 0.0491. The second kappa shape index (κ2) is 9.60. The molecule has 168 valence electrons. The molecule has 32 heavy (non-hydrogen) atoms. The van der Waals surface area contributed by atoms with Gasteiger partial charge in [-0.1, -0.05) is 18.2 Å².